The van der Waals surface area contributed by atoms with Crippen molar-refractivity contribution >= 4 is 17.9 Å². The van der Waals surface area contributed by atoms with Gasteiger partial charge in [0, 0.05) is 18.1 Å². The fraction of sp³-hybridized carbons (Fsp3) is 0. The van der Waals surface area contributed by atoms with Crippen molar-refractivity contribution in [1.82, 2.24) is 9.97 Å². The van der Waals surface area contributed by atoms with Crippen LogP contribution >= 0.6 is 0 Å². The second-order valence-corrected chi connectivity index (χ2v) is 3.13. The molecule has 0 amide bonds. The SMILES string of the molecule is O=Cc1cnc(Nc2ccc(O)cc2)nc1. The van der Waals surface area contributed by atoms with Crippen LogP contribution in [0.1, 0.15) is 10.4 Å². The van der Waals surface area contributed by atoms with E-state index in [0.717, 1.165) is 5.69 Å². The zero-order chi connectivity index (χ0) is 11.4. The van der Waals surface area contributed by atoms with Crippen molar-refractivity contribution in [2.45, 2.75) is 0 Å². The van der Waals surface area contributed by atoms with Crippen LogP contribution in [0.15, 0.2) is 36.7 Å². The number of benzene rings is 1. The third kappa shape index (κ3) is 2.33. The van der Waals surface area contributed by atoms with Crippen LogP contribution in [0.2, 0.25) is 0 Å². The summed E-state index contributed by atoms with van der Waals surface area (Å²) in [5.41, 5.74) is 1.19. The molecule has 2 rings (SSSR count). The third-order valence-corrected chi connectivity index (χ3v) is 1.93. The molecule has 0 aliphatic rings. The number of carbonyl (C=O) groups is 1. The van der Waals surface area contributed by atoms with Crippen molar-refractivity contribution in [2.75, 3.05) is 5.32 Å². The normalized spacial score (nSPS) is 9.75. The fourth-order valence-electron chi connectivity index (χ4n) is 1.14. The van der Waals surface area contributed by atoms with Crippen LogP contribution < -0.4 is 5.32 Å². The number of carbonyl (C=O) groups excluding carboxylic acids is 1. The van der Waals surface area contributed by atoms with E-state index in [4.69, 9.17) is 5.11 Å². The van der Waals surface area contributed by atoms with Crippen molar-refractivity contribution in [3.05, 3.63) is 42.2 Å². The number of aldehydes is 1. The monoisotopic (exact) mass is 215 g/mol. The van der Waals surface area contributed by atoms with Gasteiger partial charge in [0.25, 0.3) is 0 Å². The summed E-state index contributed by atoms with van der Waals surface area (Å²) in [5, 5.41) is 12.0. The molecular formula is C11H9N3O2. The molecule has 0 unspecified atom stereocenters. The summed E-state index contributed by atoms with van der Waals surface area (Å²) in [7, 11) is 0. The molecule has 0 atom stereocenters. The number of rotatable bonds is 3. The van der Waals surface area contributed by atoms with E-state index in [1.54, 1.807) is 24.3 Å². The van der Waals surface area contributed by atoms with Crippen molar-refractivity contribution in [3.63, 3.8) is 0 Å². The number of hydrogen-bond donors (Lipinski definition) is 2. The molecular weight excluding hydrogens is 206 g/mol. The van der Waals surface area contributed by atoms with Gasteiger partial charge in [0.1, 0.15) is 5.75 Å². The van der Waals surface area contributed by atoms with E-state index in [2.05, 4.69) is 15.3 Å². The molecule has 2 N–H and O–H groups in total. The van der Waals surface area contributed by atoms with Gasteiger partial charge in [0.05, 0.1) is 5.56 Å². The van der Waals surface area contributed by atoms with Crippen LogP contribution in [0.4, 0.5) is 11.6 Å². The predicted molar refractivity (Wildman–Crippen MR) is 58.8 cm³/mol. The smallest absolute Gasteiger partial charge is 0.227 e. The highest BCUT2D eigenvalue weighted by molar-refractivity contribution is 5.73. The highest BCUT2D eigenvalue weighted by atomic mass is 16.3. The molecule has 5 heteroatoms. The minimum Gasteiger partial charge on any atom is -0.508 e. The number of aromatic nitrogens is 2. The Hall–Kier alpha value is -2.43. The van der Waals surface area contributed by atoms with Crippen LogP contribution in [0.3, 0.4) is 0 Å². The van der Waals surface area contributed by atoms with Crippen molar-refractivity contribution in [1.29, 1.82) is 0 Å². The predicted octanol–water partition coefficient (Wildman–Crippen LogP) is 1.74. The number of hydrogen-bond acceptors (Lipinski definition) is 5. The van der Waals surface area contributed by atoms with Crippen LogP contribution in [-0.2, 0) is 0 Å². The number of anilines is 2. The second-order valence-electron chi connectivity index (χ2n) is 3.13. The Bertz CT molecular complexity index is 480. The lowest BCUT2D eigenvalue weighted by Gasteiger charge is -2.03. The molecule has 1 aromatic heterocycles. The van der Waals surface area contributed by atoms with Gasteiger partial charge in [-0.05, 0) is 24.3 Å². The Morgan fingerprint density at radius 2 is 1.75 bits per heavy atom. The van der Waals surface area contributed by atoms with Crippen molar-refractivity contribution in [3.8, 4) is 5.75 Å². The van der Waals surface area contributed by atoms with Gasteiger partial charge in [-0.25, -0.2) is 9.97 Å². The summed E-state index contributed by atoms with van der Waals surface area (Å²) in [6.45, 7) is 0. The van der Waals surface area contributed by atoms with Gasteiger partial charge in [-0.15, -0.1) is 0 Å². The van der Waals surface area contributed by atoms with Gasteiger partial charge < -0.3 is 10.4 Å². The van der Waals surface area contributed by atoms with Gasteiger partial charge >= 0.3 is 0 Å². The van der Waals surface area contributed by atoms with Gasteiger partial charge in [0.15, 0.2) is 6.29 Å². The first-order valence-electron chi connectivity index (χ1n) is 4.61. The van der Waals surface area contributed by atoms with Crippen molar-refractivity contribution in [2.24, 2.45) is 0 Å². The number of aromatic hydroxyl groups is 1. The van der Waals surface area contributed by atoms with Crippen molar-refractivity contribution < 1.29 is 9.90 Å². The Labute approximate surface area is 91.8 Å². The maximum Gasteiger partial charge on any atom is 0.227 e. The lowest BCUT2D eigenvalue weighted by atomic mass is 10.3. The molecule has 0 fully saturated rings. The highest BCUT2D eigenvalue weighted by Gasteiger charge is 1.98. The topological polar surface area (TPSA) is 75.1 Å². The molecule has 0 spiro atoms. The molecule has 0 saturated carbocycles. The Morgan fingerprint density at radius 1 is 1.12 bits per heavy atom. The molecule has 5 nitrogen and oxygen atoms in total. The summed E-state index contributed by atoms with van der Waals surface area (Å²) >= 11 is 0. The van der Waals surface area contributed by atoms with E-state index in [-0.39, 0.29) is 5.75 Å². The molecule has 0 aliphatic carbocycles. The van der Waals surface area contributed by atoms with E-state index >= 15 is 0 Å². The van der Waals surface area contributed by atoms with Crippen LogP contribution in [-0.4, -0.2) is 21.4 Å². The van der Waals surface area contributed by atoms with E-state index in [0.29, 0.717) is 17.8 Å². The third-order valence-electron chi connectivity index (χ3n) is 1.93. The van der Waals surface area contributed by atoms with Gasteiger partial charge in [-0.3, -0.25) is 4.79 Å². The maximum atomic E-state index is 10.4. The zero-order valence-electron chi connectivity index (χ0n) is 8.29. The van der Waals surface area contributed by atoms with E-state index < -0.39 is 0 Å². The molecule has 0 aliphatic heterocycles. The summed E-state index contributed by atoms with van der Waals surface area (Å²) in [5.74, 6) is 0.596. The second kappa shape index (κ2) is 4.39. The number of phenolic OH excluding ortho intramolecular Hbond substituents is 1. The van der Waals surface area contributed by atoms with E-state index in [9.17, 15) is 4.79 Å². The average Bonchev–Trinajstić information content (AvgIpc) is 2.33. The lowest BCUT2D eigenvalue weighted by Crippen LogP contribution is -1.97. The van der Waals surface area contributed by atoms with Gasteiger partial charge in [-0.2, -0.15) is 0 Å². The van der Waals surface area contributed by atoms with E-state index in [1.165, 1.54) is 12.4 Å². The first-order chi connectivity index (χ1) is 7.78. The number of nitrogens with one attached hydrogen (secondary N) is 1. The van der Waals surface area contributed by atoms with Gasteiger partial charge in [0.2, 0.25) is 5.95 Å². The molecule has 80 valence electrons. The molecule has 16 heavy (non-hydrogen) atoms. The molecule has 1 heterocycles. The Balaban J connectivity index is 2.14. The Kier molecular flexibility index (Phi) is 2.77. The summed E-state index contributed by atoms with van der Waals surface area (Å²) in [4.78, 5) is 18.3. The number of phenols is 1. The fourth-order valence-corrected chi connectivity index (χ4v) is 1.14. The summed E-state index contributed by atoms with van der Waals surface area (Å²) in [6.07, 6.45) is 3.55. The minimum atomic E-state index is 0.197. The minimum absolute atomic E-state index is 0.197. The quantitative estimate of drug-likeness (QED) is 0.602. The van der Waals surface area contributed by atoms with Crippen LogP contribution in [0.5, 0.6) is 5.75 Å². The Morgan fingerprint density at radius 3 is 2.31 bits per heavy atom. The maximum absolute atomic E-state index is 10.4. The summed E-state index contributed by atoms with van der Waals surface area (Å²) in [6, 6.07) is 6.52. The molecule has 0 saturated heterocycles. The average molecular weight is 215 g/mol. The first-order valence-corrected chi connectivity index (χ1v) is 4.61. The zero-order valence-corrected chi connectivity index (χ0v) is 8.29. The summed E-state index contributed by atoms with van der Waals surface area (Å²) < 4.78 is 0. The van der Waals surface area contributed by atoms with Gasteiger partial charge in [-0.1, -0.05) is 0 Å². The highest BCUT2D eigenvalue weighted by Crippen LogP contribution is 2.16. The first kappa shape index (κ1) is 10.1. The number of nitrogens with zero attached hydrogens (tertiary/aromatic N) is 2. The standard InChI is InChI=1S/C11H9N3O2/c15-7-8-5-12-11(13-6-8)14-9-1-3-10(16)4-2-9/h1-7,16H,(H,12,13,14). The molecule has 0 bridgehead atoms. The largest absolute Gasteiger partial charge is 0.508 e. The van der Waals surface area contributed by atoms with E-state index in [1.807, 2.05) is 0 Å². The van der Waals surface area contributed by atoms with Crippen LogP contribution in [0, 0.1) is 0 Å². The van der Waals surface area contributed by atoms with Crippen LogP contribution in [0.25, 0.3) is 0 Å². The molecule has 0 radical (unpaired) electrons. The molecule has 1 aromatic carbocycles. The molecule has 2 aromatic rings. The lowest BCUT2D eigenvalue weighted by molar-refractivity contribution is 0.112.